The van der Waals surface area contributed by atoms with E-state index in [9.17, 15) is 14.4 Å². The van der Waals surface area contributed by atoms with Crippen molar-refractivity contribution in [2.75, 3.05) is 31.3 Å². The van der Waals surface area contributed by atoms with Gasteiger partial charge in [-0.25, -0.2) is 9.59 Å². The number of anilines is 1. The van der Waals surface area contributed by atoms with Crippen LogP contribution in [0.1, 0.15) is 50.8 Å². The molecular weight excluding hydrogens is 472 g/mol. The maximum Gasteiger partial charge on any atom is 0.360 e. The van der Waals surface area contributed by atoms with Crippen molar-refractivity contribution in [3.8, 4) is 0 Å². The van der Waals surface area contributed by atoms with Crippen molar-refractivity contribution in [2.24, 2.45) is 0 Å². The van der Waals surface area contributed by atoms with Gasteiger partial charge in [0.2, 0.25) is 0 Å². The molecule has 4 rings (SSSR count). The summed E-state index contributed by atoms with van der Waals surface area (Å²) in [5, 5.41) is 3.76. The number of hydrogen-bond donors (Lipinski definition) is 0. The number of carbonyl (C=O) groups is 3. The molecular formula is C25H24N2O7S. The number of amides is 1. The van der Waals surface area contributed by atoms with E-state index >= 15 is 0 Å². The third kappa shape index (κ3) is 5.55. The van der Waals surface area contributed by atoms with Gasteiger partial charge in [-0.3, -0.25) is 9.69 Å². The van der Waals surface area contributed by atoms with Crippen molar-refractivity contribution in [1.29, 1.82) is 0 Å². The number of fused-ring (bicyclic) bond motifs is 2. The lowest BCUT2D eigenvalue weighted by atomic mass is 10.1. The van der Waals surface area contributed by atoms with Gasteiger partial charge in [0.1, 0.15) is 6.61 Å². The summed E-state index contributed by atoms with van der Waals surface area (Å²) in [7, 11) is 0. The van der Waals surface area contributed by atoms with E-state index in [4.69, 9.17) is 18.7 Å². The Labute approximate surface area is 206 Å². The van der Waals surface area contributed by atoms with Crippen molar-refractivity contribution < 1.29 is 33.1 Å². The molecule has 3 aromatic rings. The number of esters is 2. The first-order valence-corrected chi connectivity index (χ1v) is 11.9. The lowest BCUT2D eigenvalue weighted by molar-refractivity contribution is 0.0335. The molecule has 1 aromatic heterocycles. The van der Waals surface area contributed by atoms with Crippen LogP contribution < -0.4 is 4.90 Å². The first-order valence-electron chi connectivity index (χ1n) is 11.1. The topological polar surface area (TPSA) is 108 Å². The zero-order valence-corrected chi connectivity index (χ0v) is 20.1. The monoisotopic (exact) mass is 496 g/mol. The highest BCUT2D eigenvalue weighted by molar-refractivity contribution is 7.99. The Kier molecular flexibility index (Phi) is 7.84. The fraction of sp³-hybridized carbons (Fsp3) is 0.280. The third-order valence-corrected chi connectivity index (χ3v) is 6.23. The molecule has 35 heavy (non-hydrogen) atoms. The van der Waals surface area contributed by atoms with Crippen LogP contribution in [0.15, 0.2) is 62.8 Å². The summed E-state index contributed by atoms with van der Waals surface area (Å²) in [6.45, 7) is 4.72. The van der Waals surface area contributed by atoms with Crippen LogP contribution in [-0.4, -0.2) is 49.4 Å². The minimum atomic E-state index is -0.608. The number of benzene rings is 2. The second-order valence-corrected chi connectivity index (χ2v) is 8.49. The molecule has 0 N–H and O–H groups in total. The summed E-state index contributed by atoms with van der Waals surface area (Å²) in [6.07, 6.45) is 0. The van der Waals surface area contributed by atoms with E-state index in [0.29, 0.717) is 35.8 Å². The highest BCUT2D eigenvalue weighted by atomic mass is 32.2. The molecule has 0 bridgehead atoms. The maximum absolute atomic E-state index is 13.6. The summed E-state index contributed by atoms with van der Waals surface area (Å²) in [5.41, 5.74) is 1.35. The molecule has 2 heterocycles. The van der Waals surface area contributed by atoms with Gasteiger partial charge in [0.15, 0.2) is 11.5 Å². The molecule has 1 amide bonds. The van der Waals surface area contributed by atoms with Gasteiger partial charge in [-0.15, -0.1) is 0 Å². The molecule has 2 aromatic carbocycles. The predicted molar refractivity (Wildman–Crippen MR) is 127 cm³/mol. The number of aromatic nitrogens is 1. The third-order valence-electron chi connectivity index (χ3n) is 5.09. The lowest BCUT2D eigenvalue weighted by Crippen LogP contribution is -2.30. The van der Waals surface area contributed by atoms with Crippen LogP contribution in [0.4, 0.5) is 5.69 Å². The van der Waals surface area contributed by atoms with E-state index in [0.717, 1.165) is 9.79 Å². The van der Waals surface area contributed by atoms with Crippen molar-refractivity contribution in [1.82, 2.24) is 5.16 Å². The van der Waals surface area contributed by atoms with Gasteiger partial charge in [0, 0.05) is 22.5 Å². The van der Waals surface area contributed by atoms with Crippen LogP contribution in [-0.2, 0) is 20.8 Å². The number of nitrogens with zero attached hydrogens (tertiary/aromatic N) is 2. The lowest BCUT2D eigenvalue weighted by Gasteiger charge is -2.22. The summed E-state index contributed by atoms with van der Waals surface area (Å²) < 4.78 is 20.8. The predicted octanol–water partition coefficient (Wildman–Crippen LogP) is 4.36. The number of carbonyl (C=O) groups excluding carboxylic acids is 3. The van der Waals surface area contributed by atoms with E-state index in [1.165, 1.54) is 22.7 Å². The Balaban J connectivity index is 1.67. The van der Waals surface area contributed by atoms with Gasteiger partial charge in [-0.2, -0.15) is 0 Å². The molecule has 9 nitrogen and oxygen atoms in total. The minimum Gasteiger partial charge on any atom is -0.461 e. The second kappa shape index (κ2) is 11.2. The van der Waals surface area contributed by atoms with Crippen LogP contribution in [0.3, 0.4) is 0 Å². The Morgan fingerprint density at radius 1 is 0.971 bits per heavy atom. The quantitative estimate of drug-likeness (QED) is 0.315. The van der Waals surface area contributed by atoms with Crippen molar-refractivity contribution in [3.05, 3.63) is 71.1 Å². The van der Waals surface area contributed by atoms with Crippen LogP contribution in [0.2, 0.25) is 0 Å². The first-order chi connectivity index (χ1) is 17.0. The van der Waals surface area contributed by atoms with Crippen molar-refractivity contribution in [2.45, 2.75) is 30.2 Å². The van der Waals surface area contributed by atoms with Crippen LogP contribution in [0.25, 0.3) is 0 Å². The second-order valence-electron chi connectivity index (χ2n) is 7.40. The van der Waals surface area contributed by atoms with Crippen LogP contribution >= 0.6 is 11.8 Å². The van der Waals surface area contributed by atoms with Crippen molar-refractivity contribution >= 4 is 35.3 Å². The normalized spacial score (nSPS) is 12.5. The highest BCUT2D eigenvalue weighted by Crippen LogP contribution is 2.42. The number of rotatable bonds is 9. The summed E-state index contributed by atoms with van der Waals surface area (Å²) in [5.74, 6) is -1.11. The molecule has 0 saturated carbocycles. The number of hydrogen-bond acceptors (Lipinski definition) is 9. The summed E-state index contributed by atoms with van der Waals surface area (Å²) in [4.78, 5) is 41.3. The Morgan fingerprint density at radius 2 is 1.80 bits per heavy atom. The van der Waals surface area contributed by atoms with E-state index in [-0.39, 0.29) is 31.4 Å². The summed E-state index contributed by atoms with van der Waals surface area (Å²) in [6, 6.07) is 13.8. The summed E-state index contributed by atoms with van der Waals surface area (Å²) >= 11 is 1.43. The molecule has 0 unspecified atom stereocenters. The van der Waals surface area contributed by atoms with Gasteiger partial charge in [0.05, 0.1) is 36.6 Å². The Bertz CT molecular complexity index is 1240. The van der Waals surface area contributed by atoms with E-state index < -0.39 is 11.9 Å². The molecule has 1 aliphatic rings. The molecule has 0 saturated heterocycles. The van der Waals surface area contributed by atoms with E-state index in [2.05, 4.69) is 5.16 Å². The minimum absolute atomic E-state index is 0.00399. The molecule has 0 spiro atoms. The molecule has 182 valence electrons. The standard InChI is InChI=1S/C25H24N2O7S/c1-3-31-11-12-33-24(29)16-9-10-22-20(13-16)27(23(28)18-7-5-6-8-21(18)35-22)15-17-14-19(26-34-17)25(30)32-4-2/h5-10,13-14H,3-4,11-12,15H2,1-2H3. The average molecular weight is 497 g/mol. The highest BCUT2D eigenvalue weighted by Gasteiger charge is 2.29. The SMILES string of the molecule is CCOCCOC(=O)c1ccc2c(c1)N(Cc1cc(C(=O)OCC)no1)C(=O)c1ccccc1S2. The molecule has 1 aliphatic heterocycles. The first kappa shape index (κ1) is 24.5. The molecule has 0 aliphatic carbocycles. The largest absolute Gasteiger partial charge is 0.461 e. The van der Waals surface area contributed by atoms with Crippen LogP contribution in [0.5, 0.6) is 0 Å². The molecule has 0 radical (unpaired) electrons. The van der Waals surface area contributed by atoms with Gasteiger partial charge < -0.3 is 18.7 Å². The molecule has 10 heteroatoms. The zero-order chi connectivity index (χ0) is 24.8. The van der Waals surface area contributed by atoms with Gasteiger partial charge in [-0.1, -0.05) is 29.1 Å². The molecule has 0 fully saturated rings. The zero-order valence-electron chi connectivity index (χ0n) is 19.3. The van der Waals surface area contributed by atoms with Crippen LogP contribution in [0, 0.1) is 0 Å². The molecule has 0 atom stereocenters. The smallest absolute Gasteiger partial charge is 0.360 e. The number of ether oxygens (including phenoxy) is 3. The maximum atomic E-state index is 13.6. The fourth-order valence-electron chi connectivity index (χ4n) is 3.47. The van der Waals surface area contributed by atoms with Gasteiger partial charge in [-0.05, 0) is 44.2 Å². The van der Waals surface area contributed by atoms with E-state index in [1.807, 2.05) is 19.1 Å². The Hall–Kier alpha value is -3.63. The Morgan fingerprint density at radius 3 is 2.60 bits per heavy atom. The fourth-order valence-corrected chi connectivity index (χ4v) is 4.53. The average Bonchev–Trinajstić information content (AvgIpc) is 3.30. The van der Waals surface area contributed by atoms with Crippen molar-refractivity contribution in [3.63, 3.8) is 0 Å². The van der Waals surface area contributed by atoms with Gasteiger partial charge >= 0.3 is 11.9 Å². The van der Waals surface area contributed by atoms with E-state index in [1.54, 1.807) is 37.3 Å². The van der Waals surface area contributed by atoms with Gasteiger partial charge in [0.25, 0.3) is 5.91 Å².